The van der Waals surface area contributed by atoms with Crippen molar-refractivity contribution in [1.29, 1.82) is 0 Å². The first-order valence-corrected chi connectivity index (χ1v) is 7.30. The lowest BCUT2D eigenvalue weighted by atomic mass is 10.1. The predicted molar refractivity (Wildman–Crippen MR) is 84.9 cm³/mol. The van der Waals surface area contributed by atoms with Gasteiger partial charge in [-0.05, 0) is 47.7 Å². The number of aryl methyl sites for hydroxylation is 1. The Labute approximate surface area is 125 Å². The molecule has 0 amide bonds. The molecule has 0 atom stereocenters. The van der Waals surface area contributed by atoms with E-state index in [9.17, 15) is 0 Å². The summed E-state index contributed by atoms with van der Waals surface area (Å²) in [6, 6.07) is 14.7. The van der Waals surface area contributed by atoms with Crippen molar-refractivity contribution in [3.05, 3.63) is 69.3 Å². The maximum atomic E-state index is 6.31. The van der Waals surface area contributed by atoms with Crippen LogP contribution in [0, 0.1) is 6.92 Å². The molecule has 3 aromatic rings. The van der Waals surface area contributed by atoms with Gasteiger partial charge in [0, 0.05) is 27.8 Å². The van der Waals surface area contributed by atoms with Gasteiger partial charge in [0.15, 0.2) is 0 Å². The van der Waals surface area contributed by atoms with Crippen LogP contribution in [0.2, 0.25) is 5.02 Å². The van der Waals surface area contributed by atoms with E-state index in [4.69, 9.17) is 11.6 Å². The van der Waals surface area contributed by atoms with Gasteiger partial charge in [-0.1, -0.05) is 45.7 Å². The van der Waals surface area contributed by atoms with Gasteiger partial charge in [0.25, 0.3) is 0 Å². The second kappa shape index (κ2) is 5.03. The quantitative estimate of drug-likeness (QED) is 0.590. The highest BCUT2D eigenvalue weighted by Gasteiger charge is 2.05. The van der Waals surface area contributed by atoms with Gasteiger partial charge in [-0.2, -0.15) is 0 Å². The number of fused-ring (bicyclic) bond motifs is 1. The number of benzene rings is 2. The van der Waals surface area contributed by atoms with Crippen LogP contribution in [0.4, 0.5) is 0 Å². The first-order valence-electron chi connectivity index (χ1n) is 6.13. The number of nitrogens with zero attached hydrogens (tertiary/aromatic N) is 1. The molecule has 96 valence electrons. The highest BCUT2D eigenvalue weighted by Crippen LogP contribution is 2.24. The van der Waals surface area contributed by atoms with Crippen LogP contribution < -0.4 is 0 Å². The van der Waals surface area contributed by atoms with E-state index in [0.29, 0.717) is 0 Å². The largest absolute Gasteiger partial charge is 0.343 e. The zero-order chi connectivity index (χ0) is 13.4. The van der Waals surface area contributed by atoms with Gasteiger partial charge in [-0.15, -0.1) is 0 Å². The Morgan fingerprint density at radius 3 is 2.74 bits per heavy atom. The summed E-state index contributed by atoms with van der Waals surface area (Å²) in [6.07, 6.45) is 2.10. The molecule has 0 aliphatic rings. The summed E-state index contributed by atoms with van der Waals surface area (Å²) in [5, 5.41) is 2.07. The third kappa shape index (κ3) is 2.56. The van der Waals surface area contributed by atoms with E-state index in [0.717, 1.165) is 21.6 Å². The number of hydrogen-bond acceptors (Lipinski definition) is 0. The topological polar surface area (TPSA) is 4.93 Å². The molecule has 1 heterocycles. The molecule has 1 nitrogen and oxygen atoms in total. The fourth-order valence-corrected chi connectivity index (χ4v) is 2.90. The molecule has 3 rings (SSSR count). The van der Waals surface area contributed by atoms with Crippen LogP contribution in [0.25, 0.3) is 10.9 Å². The molecular weight excluding hydrogens is 322 g/mol. The van der Waals surface area contributed by atoms with Crippen molar-refractivity contribution in [1.82, 2.24) is 4.57 Å². The van der Waals surface area contributed by atoms with E-state index in [1.807, 2.05) is 6.07 Å². The molecule has 0 aliphatic heterocycles. The average Bonchev–Trinajstić information content (AvgIpc) is 2.75. The van der Waals surface area contributed by atoms with Crippen molar-refractivity contribution in [2.24, 2.45) is 0 Å². The van der Waals surface area contributed by atoms with Crippen LogP contribution in [0.1, 0.15) is 11.1 Å². The SMILES string of the molecule is Cc1ccc(Cn2ccc3ccc(Br)cc32)c(Cl)c1. The van der Waals surface area contributed by atoms with Crippen LogP contribution in [0.3, 0.4) is 0 Å². The summed E-state index contributed by atoms with van der Waals surface area (Å²) in [5.41, 5.74) is 3.55. The smallest absolute Gasteiger partial charge is 0.0494 e. The van der Waals surface area contributed by atoms with Crippen LogP contribution in [-0.4, -0.2) is 4.57 Å². The highest BCUT2D eigenvalue weighted by molar-refractivity contribution is 9.10. The van der Waals surface area contributed by atoms with E-state index in [1.54, 1.807) is 0 Å². The molecule has 0 bridgehead atoms. The Kier molecular flexibility index (Phi) is 3.38. The van der Waals surface area contributed by atoms with Crippen molar-refractivity contribution < 1.29 is 0 Å². The minimum atomic E-state index is 0.791. The maximum absolute atomic E-state index is 6.31. The van der Waals surface area contributed by atoms with Crippen molar-refractivity contribution in [3.63, 3.8) is 0 Å². The molecule has 0 N–H and O–H groups in total. The number of aromatic nitrogens is 1. The van der Waals surface area contributed by atoms with Gasteiger partial charge < -0.3 is 4.57 Å². The molecule has 0 aliphatic carbocycles. The molecule has 3 heteroatoms. The monoisotopic (exact) mass is 333 g/mol. The normalized spacial score (nSPS) is 11.1. The first-order chi connectivity index (χ1) is 9.13. The molecule has 0 saturated heterocycles. The second-order valence-corrected chi connectivity index (χ2v) is 6.06. The van der Waals surface area contributed by atoms with Gasteiger partial charge >= 0.3 is 0 Å². The Morgan fingerprint density at radius 1 is 1.11 bits per heavy atom. The summed E-state index contributed by atoms with van der Waals surface area (Å²) in [5.74, 6) is 0. The first kappa shape index (κ1) is 12.8. The maximum Gasteiger partial charge on any atom is 0.0494 e. The lowest BCUT2D eigenvalue weighted by Crippen LogP contribution is -1.98. The van der Waals surface area contributed by atoms with Gasteiger partial charge in [-0.3, -0.25) is 0 Å². The number of rotatable bonds is 2. The average molecular weight is 335 g/mol. The summed E-state index contributed by atoms with van der Waals surface area (Å²) < 4.78 is 3.31. The van der Waals surface area contributed by atoms with Crippen LogP contribution in [-0.2, 0) is 6.54 Å². The van der Waals surface area contributed by atoms with Gasteiger partial charge in [0.2, 0.25) is 0 Å². The molecule has 0 unspecified atom stereocenters. The van der Waals surface area contributed by atoms with E-state index in [2.05, 4.69) is 70.0 Å². The van der Waals surface area contributed by atoms with Crippen LogP contribution in [0.15, 0.2) is 53.1 Å². The molecule has 0 fully saturated rings. The van der Waals surface area contributed by atoms with Gasteiger partial charge in [0.1, 0.15) is 0 Å². The summed E-state index contributed by atoms with van der Waals surface area (Å²) in [6.45, 7) is 2.84. The van der Waals surface area contributed by atoms with Crippen molar-refractivity contribution >= 4 is 38.4 Å². The molecular formula is C16H13BrClN. The summed E-state index contributed by atoms with van der Waals surface area (Å²) in [4.78, 5) is 0. The summed E-state index contributed by atoms with van der Waals surface area (Å²) >= 11 is 9.83. The molecule has 2 aromatic carbocycles. The lowest BCUT2D eigenvalue weighted by Gasteiger charge is -2.08. The van der Waals surface area contributed by atoms with Crippen LogP contribution in [0.5, 0.6) is 0 Å². The fraction of sp³-hybridized carbons (Fsp3) is 0.125. The standard InChI is InChI=1S/C16H13BrClN/c1-11-2-3-13(15(18)8-11)10-19-7-6-12-4-5-14(17)9-16(12)19/h2-9H,10H2,1H3. The lowest BCUT2D eigenvalue weighted by molar-refractivity contribution is 0.836. The van der Waals surface area contributed by atoms with Gasteiger partial charge in [0.05, 0.1) is 0 Å². The Hall–Kier alpha value is -1.25. The summed E-state index contributed by atoms with van der Waals surface area (Å²) in [7, 11) is 0. The highest BCUT2D eigenvalue weighted by atomic mass is 79.9. The fourth-order valence-electron chi connectivity index (χ4n) is 2.26. The van der Waals surface area contributed by atoms with E-state index in [-0.39, 0.29) is 0 Å². The molecule has 19 heavy (non-hydrogen) atoms. The Morgan fingerprint density at radius 2 is 1.95 bits per heavy atom. The van der Waals surface area contributed by atoms with Crippen molar-refractivity contribution in [2.75, 3.05) is 0 Å². The van der Waals surface area contributed by atoms with Gasteiger partial charge in [-0.25, -0.2) is 0 Å². The zero-order valence-corrected chi connectivity index (χ0v) is 12.9. The Balaban J connectivity index is 2.03. The third-order valence-electron chi connectivity index (χ3n) is 3.29. The van der Waals surface area contributed by atoms with Crippen LogP contribution >= 0.6 is 27.5 Å². The van der Waals surface area contributed by atoms with Crippen molar-refractivity contribution in [3.8, 4) is 0 Å². The third-order valence-corrected chi connectivity index (χ3v) is 4.13. The Bertz CT molecular complexity index is 746. The van der Waals surface area contributed by atoms with E-state index in [1.165, 1.54) is 16.5 Å². The predicted octanol–water partition coefficient (Wildman–Crippen LogP) is 5.41. The number of halogens is 2. The number of hydrogen-bond donors (Lipinski definition) is 0. The molecule has 1 aromatic heterocycles. The minimum absolute atomic E-state index is 0.791. The minimum Gasteiger partial charge on any atom is -0.343 e. The van der Waals surface area contributed by atoms with Crippen molar-refractivity contribution in [2.45, 2.75) is 13.5 Å². The zero-order valence-electron chi connectivity index (χ0n) is 10.5. The molecule has 0 spiro atoms. The second-order valence-electron chi connectivity index (χ2n) is 4.74. The van der Waals surface area contributed by atoms with E-state index < -0.39 is 0 Å². The molecule has 0 radical (unpaired) electrons. The van der Waals surface area contributed by atoms with E-state index >= 15 is 0 Å². The molecule has 0 saturated carbocycles.